The number of amides is 1. The molecule has 1 saturated heterocycles. The number of carbonyl (C=O) groups excluding carboxylic acids is 1. The Morgan fingerprint density at radius 3 is 2.83 bits per heavy atom. The fraction of sp³-hybridized carbons (Fsp3) is 0.421. The van der Waals surface area contributed by atoms with Gasteiger partial charge in [-0.15, -0.1) is 6.42 Å². The maximum atomic E-state index is 12.5. The highest BCUT2D eigenvalue weighted by atomic mass is 16.5. The summed E-state index contributed by atoms with van der Waals surface area (Å²) in [6, 6.07) is 10.2. The second-order valence-corrected chi connectivity index (χ2v) is 6.05. The van der Waals surface area contributed by atoms with Crippen LogP contribution in [0.1, 0.15) is 12.8 Å². The van der Waals surface area contributed by atoms with E-state index in [1.165, 1.54) is 5.39 Å². The molecule has 0 radical (unpaired) electrons. The van der Waals surface area contributed by atoms with Gasteiger partial charge in [0.2, 0.25) is 5.91 Å². The summed E-state index contributed by atoms with van der Waals surface area (Å²) in [7, 11) is 0. The third-order valence-electron chi connectivity index (χ3n) is 4.49. The molecule has 0 atom stereocenters. The lowest BCUT2D eigenvalue weighted by Gasteiger charge is -2.32. The van der Waals surface area contributed by atoms with Crippen LogP contribution in [0, 0.1) is 18.3 Å². The number of para-hydroxylation sites is 1. The molecule has 2 heterocycles. The number of benzene rings is 1. The van der Waals surface area contributed by atoms with Crippen molar-refractivity contribution in [3.63, 3.8) is 0 Å². The molecule has 0 N–H and O–H groups in total. The molecule has 1 aromatic carbocycles. The van der Waals surface area contributed by atoms with Gasteiger partial charge in [0, 0.05) is 24.8 Å². The first-order chi connectivity index (χ1) is 11.3. The van der Waals surface area contributed by atoms with Gasteiger partial charge >= 0.3 is 0 Å². The number of hydrogen-bond acceptors (Lipinski definition) is 2. The zero-order valence-corrected chi connectivity index (χ0v) is 13.3. The lowest BCUT2D eigenvalue weighted by molar-refractivity contribution is -0.133. The second kappa shape index (κ2) is 7.34. The number of hydrogen-bond donors (Lipinski definition) is 0. The molecular formula is C19H22N2O2. The van der Waals surface area contributed by atoms with Crippen LogP contribution in [0.25, 0.3) is 10.9 Å². The number of fused-ring (bicyclic) bond motifs is 1. The van der Waals surface area contributed by atoms with Crippen LogP contribution < -0.4 is 0 Å². The summed E-state index contributed by atoms with van der Waals surface area (Å²) in [5.41, 5.74) is 1.11. The standard InChI is InChI=1S/C19H22N2O2/c1-2-13-23-15-16-7-10-20(11-8-16)19(22)14-21-12-9-17-5-3-4-6-18(17)21/h1,3-6,9,12,16H,7-8,10-11,13-15H2. The van der Waals surface area contributed by atoms with Crippen LogP contribution in [0.3, 0.4) is 0 Å². The molecule has 1 aliphatic rings. The van der Waals surface area contributed by atoms with Crippen molar-refractivity contribution in [2.75, 3.05) is 26.3 Å². The zero-order valence-electron chi connectivity index (χ0n) is 13.3. The van der Waals surface area contributed by atoms with Crippen molar-refractivity contribution >= 4 is 16.8 Å². The lowest BCUT2D eigenvalue weighted by Crippen LogP contribution is -2.41. The Balaban J connectivity index is 1.53. The summed E-state index contributed by atoms with van der Waals surface area (Å²) in [5, 5.41) is 1.17. The minimum Gasteiger partial charge on any atom is -0.369 e. The molecule has 3 rings (SSSR count). The highest BCUT2D eigenvalue weighted by Gasteiger charge is 2.23. The summed E-state index contributed by atoms with van der Waals surface area (Å²) in [5.74, 6) is 3.19. The summed E-state index contributed by atoms with van der Waals surface area (Å²) in [6.45, 7) is 3.10. The van der Waals surface area contributed by atoms with E-state index in [2.05, 4.69) is 24.1 Å². The van der Waals surface area contributed by atoms with Crippen molar-refractivity contribution in [1.82, 2.24) is 9.47 Å². The van der Waals surface area contributed by atoms with Gasteiger partial charge in [0.25, 0.3) is 0 Å². The molecule has 1 fully saturated rings. The summed E-state index contributed by atoms with van der Waals surface area (Å²) >= 11 is 0. The molecule has 120 valence electrons. The van der Waals surface area contributed by atoms with Gasteiger partial charge in [-0.25, -0.2) is 0 Å². The Bertz CT molecular complexity index is 705. The first kappa shape index (κ1) is 15.6. The SMILES string of the molecule is C#CCOCC1CCN(C(=O)Cn2ccc3ccccc32)CC1. The smallest absolute Gasteiger partial charge is 0.242 e. The van der Waals surface area contributed by atoms with E-state index in [1.54, 1.807) is 0 Å². The first-order valence-corrected chi connectivity index (χ1v) is 8.11. The van der Waals surface area contributed by atoms with Crippen LogP contribution in [0.5, 0.6) is 0 Å². The molecule has 23 heavy (non-hydrogen) atoms. The molecule has 0 saturated carbocycles. The molecule has 2 aromatic rings. The van der Waals surface area contributed by atoms with Crippen LogP contribution in [0.2, 0.25) is 0 Å². The predicted molar refractivity (Wildman–Crippen MR) is 90.9 cm³/mol. The van der Waals surface area contributed by atoms with Gasteiger partial charge < -0.3 is 14.2 Å². The Kier molecular flexibility index (Phi) is 4.99. The molecule has 0 spiro atoms. The molecule has 4 heteroatoms. The number of likely N-dealkylation sites (tertiary alicyclic amines) is 1. The van der Waals surface area contributed by atoms with E-state index in [0.29, 0.717) is 25.7 Å². The van der Waals surface area contributed by atoms with Crippen molar-refractivity contribution < 1.29 is 9.53 Å². The minimum absolute atomic E-state index is 0.189. The third kappa shape index (κ3) is 3.75. The number of piperidine rings is 1. The quantitative estimate of drug-likeness (QED) is 0.628. The van der Waals surface area contributed by atoms with Gasteiger partial charge in [-0.2, -0.15) is 0 Å². The Morgan fingerprint density at radius 1 is 1.26 bits per heavy atom. The maximum absolute atomic E-state index is 12.5. The topological polar surface area (TPSA) is 34.5 Å². The van der Waals surface area contributed by atoms with Gasteiger partial charge in [0.1, 0.15) is 13.2 Å². The summed E-state index contributed by atoms with van der Waals surface area (Å²) in [6.07, 6.45) is 9.15. The number of aromatic nitrogens is 1. The van der Waals surface area contributed by atoms with Crippen LogP contribution in [-0.2, 0) is 16.1 Å². The van der Waals surface area contributed by atoms with E-state index in [9.17, 15) is 4.79 Å². The molecule has 1 aromatic heterocycles. The Hall–Kier alpha value is -2.25. The second-order valence-electron chi connectivity index (χ2n) is 6.05. The molecule has 0 aliphatic carbocycles. The molecular weight excluding hydrogens is 288 g/mol. The van der Waals surface area contributed by atoms with Crippen LogP contribution in [0.4, 0.5) is 0 Å². The summed E-state index contributed by atoms with van der Waals surface area (Å²) in [4.78, 5) is 14.5. The van der Waals surface area contributed by atoms with Gasteiger partial charge in [-0.1, -0.05) is 24.1 Å². The predicted octanol–water partition coefficient (Wildman–Crippen LogP) is 2.53. The van der Waals surface area contributed by atoms with Gasteiger partial charge in [-0.3, -0.25) is 4.79 Å². The highest BCUT2D eigenvalue weighted by Crippen LogP contribution is 2.19. The van der Waals surface area contributed by atoms with Crippen LogP contribution >= 0.6 is 0 Å². The van der Waals surface area contributed by atoms with E-state index in [4.69, 9.17) is 11.2 Å². The van der Waals surface area contributed by atoms with E-state index in [0.717, 1.165) is 31.4 Å². The third-order valence-corrected chi connectivity index (χ3v) is 4.49. The Labute approximate surface area is 137 Å². The van der Waals surface area contributed by atoms with Crippen molar-refractivity contribution in [3.05, 3.63) is 36.5 Å². The number of terminal acetylenes is 1. The van der Waals surface area contributed by atoms with Crippen molar-refractivity contribution in [3.8, 4) is 12.3 Å². The lowest BCUT2D eigenvalue weighted by atomic mass is 9.98. The van der Waals surface area contributed by atoms with E-state index in [-0.39, 0.29) is 5.91 Å². The highest BCUT2D eigenvalue weighted by molar-refractivity contribution is 5.83. The van der Waals surface area contributed by atoms with E-state index >= 15 is 0 Å². The van der Waals surface area contributed by atoms with Gasteiger partial charge in [0.05, 0.1) is 6.61 Å². The van der Waals surface area contributed by atoms with Gasteiger partial charge in [-0.05, 0) is 36.3 Å². The summed E-state index contributed by atoms with van der Waals surface area (Å²) < 4.78 is 7.44. The average Bonchev–Trinajstić information content (AvgIpc) is 2.99. The molecule has 1 aliphatic heterocycles. The van der Waals surface area contributed by atoms with Crippen molar-refractivity contribution in [1.29, 1.82) is 0 Å². The van der Waals surface area contributed by atoms with Crippen LogP contribution in [0.15, 0.2) is 36.5 Å². The van der Waals surface area contributed by atoms with E-state index < -0.39 is 0 Å². The van der Waals surface area contributed by atoms with Gasteiger partial charge in [0.15, 0.2) is 0 Å². The minimum atomic E-state index is 0.189. The van der Waals surface area contributed by atoms with Crippen molar-refractivity contribution in [2.45, 2.75) is 19.4 Å². The molecule has 4 nitrogen and oxygen atoms in total. The Morgan fingerprint density at radius 2 is 2.04 bits per heavy atom. The zero-order chi connectivity index (χ0) is 16.1. The number of ether oxygens (including phenoxy) is 1. The average molecular weight is 310 g/mol. The monoisotopic (exact) mass is 310 g/mol. The molecule has 0 bridgehead atoms. The first-order valence-electron chi connectivity index (χ1n) is 8.11. The van der Waals surface area contributed by atoms with Crippen LogP contribution in [-0.4, -0.2) is 41.7 Å². The molecule has 0 unspecified atom stereocenters. The number of nitrogens with zero attached hydrogens (tertiary/aromatic N) is 2. The van der Waals surface area contributed by atoms with E-state index in [1.807, 2.05) is 27.8 Å². The number of rotatable bonds is 5. The van der Waals surface area contributed by atoms with Crippen molar-refractivity contribution in [2.24, 2.45) is 5.92 Å². The largest absolute Gasteiger partial charge is 0.369 e. The normalized spacial score (nSPS) is 15.7. The number of carbonyl (C=O) groups is 1. The fourth-order valence-corrected chi connectivity index (χ4v) is 3.16. The molecule has 1 amide bonds. The maximum Gasteiger partial charge on any atom is 0.242 e. The fourth-order valence-electron chi connectivity index (χ4n) is 3.16.